The summed E-state index contributed by atoms with van der Waals surface area (Å²) < 4.78 is 35.2. The molecule has 0 saturated heterocycles. The molecule has 1 fully saturated rings. The number of likely N-dealkylation sites (N-methyl/N-ethyl adjacent to an activating group) is 1. The van der Waals surface area contributed by atoms with E-state index in [0.717, 1.165) is 24.5 Å². The van der Waals surface area contributed by atoms with E-state index in [1.54, 1.807) is 20.0 Å². The van der Waals surface area contributed by atoms with Crippen molar-refractivity contribution >= 4 is 23.5 Å². The topological polar surface area (TPSA) is 110 Å². The van der Waals surface area contributed by atoms with Gasteiger partial charge in [0.1, 0.15) is 17.3 Å². The molecule has 0 unspecified atom stereocenters. The van der Waals surface area contributed by atoms with Crippen LogP contribution in [0.4, 0.5) is 20.4 Å². The number of nitrogens with two attached hydrogens (primary N) is 1. The van der Waals surface area contributed by atoms with Crippen molar-refractivity contribution in [2.75, 3.05) is 31.2 Å². The molecule has 1 aliphatic rings. The van der Waals surface area contributed by atoms with E-state index in [9.17, 15) is 18.4 Å². The number of carbonyl (C=O) groups excluding carboxylic acids is 2. The highest BCUT2D eigenvalue weighted by Crippen LogP contribution is 2.40. The van der Waals surface area contributed by atoms with Crippen molar-refractivity contribution in [2.24, 2.45) is 0 Å². The average molecular weight is 522 g/mol. The van der Waals surface area contributed by atoms with Crippen molar-refractivity contribution in [3.05, 3.63) is 77.5 Å². The van der Waals surface area contributed by atoms with Crippen molar-refractivity contribution in [1.82, 2.24) is 14.9 Å². The largest absolute Gasteiger partial charge is 0.490 e. The van der Waals surface area contributed by atoms with Crippen LogP contribution in [0, 0.1) is 18.6 Å². The van der Waals surface area contributed by atoms with E-state index in [2.05, 4.69) is 21.9 Å². The first-order valence-electron chi connectivity index (χ1n) is 12.2. The number of ether oxygens (including phenoxy) is 1. The second kappa shape index (κ2) is 11.4. The van der Waals surface area contributed by atoms with E-state index in [-0.39, 0.29) is 41.2 Å². The zero-order valence-corrected chi connectivity index (χ0v) is 21.3. The minimum absolute atomic E-state index is 0.0456. The fourth-order valence-corrected chi connectivity index (χ4v) is 4.06. The number of carbonyl (C=O) groups is 2. The number of amides is 2. The molecule has 2 aromatic carbocycles. The molecule has 8 nitrogen and oxygen atoms in total. The third-order valence-corrected chi connectivity index (χ3v) is 6.38. The number of rotatable bonds is 10. The summed E-state index contributed by atoms with van der Waals surface area (Å²) in [6.07, 6.45) is 5.15. The summed E-state index contributed by atoms with van der Waals surface area (Å²) >= 11 is 0. The SMILES string of the molecule is C=CC(=O)N(C)CCCOc1cnc(N)nc1-c1cc(F)cc(NC(=O)c2ccc(C3CC3)cc2F)c1C. The molecule has 1 aliphatic carbocycles. The molecular weight excluding hydrogens is 492 g/mol. The van der Waals surface area contributed by atoms with E-state index in [4.69, 9.17) is 10.5 Å². The van der Waals surface area contributed by atoms with Crippen LogP contribution in [-0.2, 0) is 4.79 Å². The highest BCUT2D eigenvalue weighted by molar-refractivity contribution is 6.05. The molecule has 1 heterocycles. The van der Waals surface area contributed by atoms with Gasteiger partial charge in [-0.15, -0.1) is 0 Å². The number of hydrogen-bond donors (Lipinski definition) is 2. The predicted octanol–water partition coefficient (Wildman–Crippen LogP) is 4.86. The normalized spacial score (nSPS) is 12.6. The monoisotopic (exact) mass is 521 g/mol. The summed E-state index contributed by atoms with van der Waals surface area (Å²) in [6.45, 7) is 5.79. The van der Waals surface area contributed by atoms with Crippen LogP contribution in [-0.4, -0.2) is 46.9 Å². The Balaban J connectivity index is 1.56. The molecule has 0 radical (unpaired) electrons. The Morgan fingerprint density at radius 3 is 2.71 bits per heavy atom. The van der Waals surface area contributed by atoms with E-state index < -0.39 is 17.5 Å². The van der Waals surface area contributed by atoms with Crippen LogP contribution in [0.25, 0.3) is 11.3 Å². The number of hydrogen-bond acceptors (Lipinski definition) is 6. The molecule has 1 aromatic heterocycles. The van der Waals surface area contributed by atoms with Crippen LogP contribution in [0.1, 0.15) is 46.7 Å². The third kappa shape index (κ3) is 6.13. The van der Waals surface area contributed by atoms with E-state index in [1.165, 1.54) is 35.4 Å². The van der Waals surface area contributed by atoms with Crippen LogP contribution in [0.15, 0.2) is 49.2 Å². The number of halogens is 2. The average Bonchev–Trinajstić information content (AvgIpc) is 3.74. The number of anilines is 2. The number of nitrogen functional groups attached to an aromatic ring is 1. The maximum Gasteiger partial charge on any atom is 0.258 e. The second-order valence-corrected chi connectivity index (χ2v) is 9.20. The molecule has 4 rings (SSSR count). The molecule has 3 N–H and O–H groups in total. The fourth-order valence-electron chi connectivity index (χ4n) is 4.06. The molecule has 38 heavy (non-hydrogen) atoms. The van der Waals surface area contributed by atoms with E-state index >= 15 is 0 Å². The van der Waals surface area contributed by atoms with Gasteiger partial charge in [-0.05, 0) is 73.6 Å². The van der Waals surface area contributed by atoms with Gasteiger partial charge in [0.15, 0.2) is 5.75 Å². The molecule has 0 aliphatic heterocycles. The third-order valence-electron chi connectivity index (χ3n) is 6.38. The Kier molecular flexibility index (Phi) is 7.99. The standard InChI is InChI=1S/C28H29F2N5O3/c1-4-25(36)35(3)10-5-11-38-24-15-32-28(31)34-26(24)21-13-19(29)14-23(16(21)2)33-27(37)20-9-8-18(12-22(20)30)17-6-7-17/h4,8-9,12-15,17H,1,5-7,10-11H2,2-3H3,(H,33,37)(H2,31,32,34). The van der Waals surface area contributed by atoms with Crippen LogP contribution in [0.5, 0.6) is 5.75 Å². The molecule has 3 aromatic rings. The Labute approximate surface area is 219 Å². The lowest BCUT2D eigenvalue weighted by molar-refractivity contribution is -0.124. The summed E-state index contributed by atoms with van der Waals surface area (Å²) in [4.78, 5) is 34.2. The maximum absolute atomic E-state index is 14.7. The number of benzene rings is 2. The fraction of sp³-hybridized carbons (Fsp3) is 0.286. The molecule has 2 amide bonds. The highest BCUT2D eigenvalue weighted by Gasteiger charge is 2.25. The van der Waals surface area contributed by atoms with Crippen LogP contribution >= 0.6 is 0 Å². The van der Waals surface area contributed by atoms with Crippen molar-refractivity contribution < 1.29 is 23.1 Å². The molecule has 1 saturated carbocycles. The Morgan fingerprint density at radius 2 is 2.03 bits per heavy atom. The van der Waals surface area contributed by atoms with Gasteiger partial charge in [0, 0.05) is 24.8 Å². The van der Waals surface area contributed by atoms with Gasteiger partial charge in [-0.1, -0.05) is 12.6 Å². The summed E-state index contributed by atoms with van der Waals surface area (Å²) in [5.74, 6) is -1.60. The quantitative estimate of drug-likeness (QED) is 0.291. The molecule has 0 bridgehead atoms. The van der Waals surface area contributed by atoms with Gasteiger partial charge in [-0.25, -0.2) is 18.7 Å². The minimum Gasteiger partial charge on any atom is -0.490 e. The smallest absolute Gasteiger partial charge is 0.258 e. The van der Waals surface area contributed by atoms with Crippen LogP contribution in [0.2, 0.25) is 0 Å². The molecule has 10 heteroatoms. The number of aromatic nitrogens is 2. The van der Waals surface area contributed by atoms with Gasteiger partial charge in [-0.3, -0.25) is 9.59 Å². The van der Waals surface area contributed by atoms with E-state index in [1.807, 2.05) is 0 Å². The van der Waals surface area contributed by atoms with Crippen molar-refractivity contribution in [2.45, 2.75) is 32.1 Å². The number of nitrogens with one attached hydrogen (secondary N) is 1. The molecular formula is C28H29F2N5O3. The Bertz CT molecular complexity index is 1390. The molecule has 0 atom stereocenters. The lowest BCUT2D eigenvalue weighted by Crippen LogP contribution is -2.26. The van der Waals surface area contributed by atoms with Crippen molar-refractivity contribution in [3.8, 4) is 17.0 Å². The van der Waals surface area contributed by atoms with E-state index in [0.29, 0.717) is 30.0 Å². The van der Waals surface area contributed by atoms with Gasteiger partial charge in [-0.2, -0.15) is 0 Å². The van der Waals surface area contributed by atoms with Gasteiger partial charge < -0.3 is 20.7 Å². The lowest BCUT2D eigenvalue weighted by Gasteiger charge is -2.17. The summed E-state index contributed by atoms with van der Waals surface area (Å²) in [6, 6.07) is 6.99. The summed E-state index contributed by atoms with van der Waals surface area (Å²) in [7, 11) is 1.65. The van der Waals surface area contributed by atoms with Crippen LogP contribution < -0.4 is 15.8 Å². The molecule has 0 spiro atoms. The first kappa shape index (κ1) is 26.7. The van der Waals surface area contributed by atoms with Gasteiger partial charge in [0.05, 0.1) is 18.4 Å². The predicted molar refractivity (Wildman–Crippen MR) is 141 cm³/mol. The Morgan fingerprint density at radius 1 is 1.26 bits per heavy atom. The summed E-state index contributed by atoms with van der Waals surface area (Å²) in [5, 5.41) is 2.62. The summed E-state index contributed by atoms with van der Waals surface area (Å²) in [5.41, 5.74) is 7.75. The lowest BCUT2D eigenvalue weighted by atomic mass is 10.0. The first-order chi connectivity index (χ1) is 18.2. The number of nitrogens with zero attached hydrogens (tertiary/aromatic N) is 3. The first-order valence-corrected chi connectivity index (χ1v) is 12.2. The zero-order chi connectivity index (χ0) is 27.4. The second-order valence-electron chi connectivity index (χ2n) is 9.20. The Hall–Kier alpha value is -4.34. The van der Waals surface area contributed by atoms with Crippen molar-refractivity contribution in [1.29, 1.82) is 0 Å². The highest BCUT2D eigenvalue weighted by atomic mass is 19.1. The zero-order valence-electron chi connectivity index (χ0n) is 21.3. The van der Waals surface area contributed by atoms with Gasteiger partial charge >= 0.3 is 0 Å². The minimum atomic E-state index is -0.693. The van der Waals surface area contributed by atoms with Gasteiger partial charge in [0.2, 0.25) is 11.9 Å². The van der Waals surface area contributed by atoms with Crippen LogP contribution in [0.3, 0.4) is 0 Å². The molecule has 198 valence electrons. The van der Waals surface area contributed by atoms with Crippen molar-refractivity contribution in [3.63, 3.8) is 0 Å². The van der Waals surface area contributed by atoms with Gasteiger partial charge in [0.25, 0.3) is 5.91 Å². The maximum atomic E-state index is 14.7.